The topological polar surface area (TPSA) is 27.0 Å². The van der Waals surface area contributed by atoms with Gasteiger partial charge in [0.15, 0.2) is 0 Å². The van der Waals surface area contributed by atoms with E-state index in [9.17, 15) is 0 Å². The van der Waals surface area contributed by atoms with Gasteiger partial charge in [0, 0.05) is 24.0 Å². The van der Waals surface area contributed by atoms with E-state index >= 15 is 0 Å². The molecule has 76 valence electrons. The molecule has 2 nitrogen and oxygen atoms in total. The first-order chi connectivity index (χ1) is 5.69. The molecule has 0 aromatic heterocycles. The van der Waals surface area contributed by atoms with Crippen molar-refractivity contribution in [1.29, 1.82) is 5.26 Å². The van der Waals surface area contributed by atoms with E-state index in [0.717, 1.165) is 6.54 Å². The van der Waals surface area contributed by atoms with Crippen LogP contribution in [0, 0.1) is 11.3 Å². The molecule has 0 amide bonds. The summed E-state index contributed by atoms with van der Waals surface area (Å²) in [5.74, 6) is 0. The van der Waals surface area contributed by atoms with E-state index in [4.69, 9.17) is 5.26 Å². The van der Waals surface area contributed by atoms with Gasteiger partial charge in [-0.05, 0) is 41.5 Å². The molecule has 0 rings (SSSR count). The SMILES string of the molecule is CC(C)(C)N(CCC#N)C(C)(C)C. The van der Waals surface area contributed by atoms with E-state index in [2.05, 4.69) is 52.5 Å². The number of nitrogens with zero attached hydrogens (tertiary/aromatic N) is 2. The molecule has 0 heterocycles. The molecule has 0 saturated carbocycles. The van der Waals surface area contributed by atoms with Crippen LogP contribution in [0.1, 0.15) is 48.0 Å². The van der Waals surface area contributed by atoms with Crippen LogP contribution < -0.4 is 0 Å². The van der Waals surface area contributed by atoms with Crippen LogP contribution in [-0.4, -0.2) is 22.5 Å². The molecule has 0 N–H and O–H groups in total. The lowest BCUT2D eigenvalue weighted by molar-refractivity contribution is 0.0409. The summed E-state index contributed by atoms with van der Waals surface area (Å²) < 4.78 is 0. The lowest BCUT2D eigenvalue weighted by Gasteiger charge is -2.45. The molecule has 0 spiro atoms. The highest BCUT2D eigenvalue weighted by Crippen LogP contribution is 2.24. The van der Waals surface area contributed by atoms with Crippen molar-refractivity contribution in [2.24, 2.45) is 0 Å². The van der Waals surface area contributed by atoms with Crippen molar-refractivity contribution in [3.8, 4) is 6.07 Å². The summed E-state index contributed by atoms with van der Waals surface area (Å²) in [4.78, 5) is 2.36. The van der Waals surface area contributed by atoms with Gasteiger partial charge in [0.05, 0.1) is 6.07 Å². The van der Waals surface area contributed by atoms with E-state index in [1.165, 1.54) is 0 Å². The Hall–Kier alpha value is -0.550. The monoisotopic (exact) mass is 182 g/mol. The predicted octanol–water partition coefficient (Wildman–Crippen LogP) is 2.80. The van der Waals surface area contributed by atoms with Crippen molar-refractivity contribution >= 4 is 0 Å². The fourth-order valence-corrected chi connectivity index (χ4v) is 1.84. The third-order valence-corrected chi connectivity index (χ3v) is 2.07. The van der Waals surface area contributed by atoms with Crippen LogP contribution in [0.5, 0.6) is 0 Å². The highest BCUT2D eigenvalue weighted by atomic mass is 15.2. The summed E-state index contributed by atoms with van der Waals surface area (Å²) in [7, 11) is 0. The Balaban J connectivity index is 4.50. The minimum absolute atomic E-state index is 0.134. The van der Waals surface area contributed by atoms with E-state index in [1.54, 1.807) is 0 Å². The molecule has 0 aliphatic rings. The molecule has 0 radical (unpaired) electrons. The summed E-state index contributed by atoms with van der Waals surface area (Å²) in [6, 6.07) is 2.20. The van der Waals surface area contributed by atoms with Gasteiger partial charge in [-0.1, -0.05) is 0 Å². The second kappa shape index (κ2) is 4.11. The van der Waals surface area contributed by atoms with Crippen LogP contribution >= 0.6 is 0 Å². The Morgan fingerprint density at radius 2 is 1.38 bits per heavy atom. The first-order valence-corrected chi connectivity index (χ1v) is 4.84. The van der Waals surface area contributed by atoms with E-state index in [1.807, 2.05) is 0 Å². The zero-order valence-corrected chi connectivity index (χ0v) is 9.81. The molecule has 0 aromatic rings. The lowest BCUT2D eigenvalue weighted by atomic mass is 9.96. The van der Waals surface area contributed by atoms with E-state index < -0.39 is 0 Å². The number of hydrogen-bond acceptors (Lipinski definition) is 2. The van der Waals surface area contributed by atoms with Gasteiger partial charge in [0.1, 0.15) is 0 Å². The molecule has 0 aliphatic carbocycles. The van der Waals surface area contributed by atoms with Crippen molar-refractivity contribution in [2.75, 3.05) is 6.54 Å². The first-order valence-electron chi connectivity index (χ1n) is 4.84. The molecule has 0 aliphatic heterocycles. The summed E-state index contributed by atoms with van der Waals surface area (Å²) in [5, 5.41) is 8.57. The van der Waals surface area contributed by atoms with Gasteiger partial charge in [-0.2, -0.15) is 5.26 Å². The maximum absolute atomic E-state index is 8.57. The zero-order valence-electron chi connectivity index (χ0n) is 9.81. The Kier molecular flexibility index (Phi) is 3.93. The van der Waals surface area contributed by atoms with Crippen molar-refractivity contribution < 1.29 is 0 Å². The third kappa shape index (κ3) is 4.28. The van der Waals surface area contributed by atoms with Crippen molar-refractivity contribution in [2.45, 2.75) is 59.0 Å². The molecule has 0 atom stereocenters. The smallest absolute Gasteiger partial charge is 0.0635 e. The van der Waals surface area contributed by atoms with Crippen LogP contribution in [0.3, 0.4) is 0 Å². The highest BCUT2D eigenvalue weighted by Gasteiger charge is 2.30. The van der Waals surface area contributed by atoms with E-state index in [0.29, 0.717) is 6.42 Å². The highest BCUT2D eigenvalue weighted by molar-refractivity contribution is 4.88. The largest absolute Gasteiger partial charge is 0.293 e. The summed E-state index contributed by atoms with van der Waals surface area (Å²) in [6.07, 6.45) is 0.606. The zero-order chi connectivity index (χ0) is 10.7. The average Bonchev–Trinajstić information content (AvgIpc) is 1.81. The molecule has 2 heteroatoms. The third-order valence-electron chi connectivity index (χ3n) is 2.07. The number of nitriles is 1. The molecule has 0 aromatic carbocycles. The minimum Gasteiger partial charge on any atom is -0.293 e. The Morgan fingerprint density at radius 3 is 1.62 bits per heavy atom. The summed E-state index contributed by atoms with van der Waals surface area (Å²) >= 11 is 0. The van der Waals surface area contributed by atoms with Crippen molar-refractivity contribution in [1.82, 2.24) is 4.90 Å². The molecular weight excluding hydrogens is 160 g/mol. The van der Waals surface area contributed by atoms with Gasteiger partial charge in [0.25, 0.3) is 0 Å². The minimum atomic E-state index is 0.134. The Labute approximate surface area is 82.5 Å². The van der Waals surface area contributed by atoms with Crippen LogP contribution in [0.2, 0.25) is 0 Å². The predicted molar refractivity (Wildman–Crippen MR) is 56.4 cm³/mol. The number of hydrogen-bond donors (Lipinski definition) is 0. The van der Waals surface area contributed by atoms with Crippen LogP contribution in [0.4, 0.5) is 0 Å². The molecule has 0 saturated heterocycles. The standard InChI is InChI=1S/C11H22N2/c1-10(2,3)13(9-7-8-12)11(4,5)6/h7,9H2,1-6H3. The maximum atomic E-state index is 8.57. The molecular formula is C11H22N2. The van der Waals surface area contributed by atoms with Crippen LogP contribution in [0.25, 0.3) is 0 Å². The number of rotatable bonds is 2. The first kappa shape index (κ1) is 12.4. The van der Waals surface area contributed by atoms with Crippen LogP contribution in [0.15, 0.2) is 0 Å². The molecule has 13 heavy (non-hydrogen) atoms. The molecule has 0 fully saturated rings. The van der Waals surface area contributed by atoms with Gasteiger partial charge in [-0.15, -0.1) is 0 Å². The Morgan fingerprint density at radius 1 is 1.00 bits per heavy atom. The van der Waals surface area contributed by atoms with Crippen molar-refractivity contribution in [3.05, 3.63) is 0 Å². The maximum Gasteiger partial charge on any atom is 0.0635 e. The Bertz CT molecular complexity index is 174. The summed E-state index contributed by atoms with van der Waals surface area (Å²) in [5.41, 5.74) is 0.268. The van der Waals surface area contributed by atoms with E-state index in [-0.39, 0.29) is 11.1 Å². The second-order valence-corrected chi connectivity index (χ2v) is 5.40. The quantitative estimate of drug-likeness (QED) is 0.656. The van der Waals surface area contributed by atoms with Gasteiger partial charge in [0.2, 0.25) is 0 Å². The van der Waals surface area contributed by atoms with Crippen molar-refractivity contribution in [3.63, 3.8) is 0 Å². The fourth-order valence-electron chi connectivity index (χ4n) is 1.84. The lowest BCUT2D eigenvalue weighted by Crippen LogP contribution is -2.52. The average molecular weight is 182 g/mol. The molecule has 0 bridgehead atoms. The summed E-state index contributed by atoms with van der Waals surface area (Å²) in [6.45, 7) is 14.0. The van der Waals surface area contributed by atoms with Crippen LogP contribution in [-0.2, 0) is 0 Å². The van der Waals surface area contributed by atoms with Gasteiger partial charge in [-0.25, -0.2) is 0 Å². The molecule has 0 unspecified atom stereocenters. The normalized spacial score (nSPS) is 13.1. The van der Waals surface area contributed by atoms with Gasteiger partial charge in [-0.3, -0.25) is 4.90 Å². The van der Waals surface area contributed by atoms with Gasteiger partial charge >= 0.3 is 0 Å². The second-order valence-electron chi connectivity index (χ2n) is 5.40. The van der Waals surface area contributed by atoms with Gasteiger partial charge < -0.3 is 0 Å². The fraction of sp³-hybridized carbons (Fsp3) is 0.909.